The molecular formula is C21H17N5OS. The lowest BCUT2D eigenvalue weighted by molar-refractivity contribution is 0.735. The van der Waals surface area contributed by atoms with Crippen LogP contribution in [-0.2, 0) is 12.3 Å². The molecule has 7 heteroatoms. The molecular weight excluding hydrogens is 370 g/mol. The van der Waals surface area contributed by atoms with Crippen molar-refractivity contribution in [3.05, 3.63) is 76.8 Å². The van der Waals surface area contributed by atoms with Gasteiger partial charge in [-0.15, -0.1) is 10.2 Å². The zero-order valence-electron chi connectivity index (χ0n) is 15.2. The largest absolute Gasteiger partial charge is 0.277 e. The first-order chi connectivity index (χ1) is 13.8. The van der Waals surface area contributed by atoms with Gasteiger partial charge in [0.15, 0.2) is 0 Å². The number of fused-ring (bicyclic) bond motifs is 4. The quantitative estimate of drug-likeness (QED) is 0.438. The van der Waals surface area contributed by atoms with E-state index in [2.05, 4.69) is 22.3 Å². The van der Waals surface area contributed by atoms with Gasteiger partial charge in [0.25, 0.3) is 5.56 Å². The van der Waals surface area contributed by atoms with Gasteiger partial charge in [0, 0.05) is 11.9 Å². The molecule has 0 bridgehead atoms. The highest BCUT2D eigenvalue weighted by Gasteiger charge is 2.15. The van der Waals surface area contributed by atoms with Crippen LogP contribution in [0.25, 0.3) is 27.6 Å². The molecule has 0 N–H and O–H groups in total. The van der Waals surface area contributed by atoms with Crippen molar-refractivity contribution in [2.24, 2.45) is 0 Å². The minimum Gasteiger partial charge on any atom is -0.277 e. The molecule has 3 heterocycles. The summed E-state index contributed by atoms with van der Waals surface area (Å²) in [4.78, 5) is 17.5. The summed E-state index contributed by atoms with van der Waals surface area (Å²) in [6.45, 7) is 2.49. The molecule has 3 aromatic heterocycles. The minimum atomic E-state index is -0.0339. The molecule has 5 aromatic rings. The molecule has 28 heavy (non-hydrogen) atoms. The summed E-state index contributed by atoms with van der Waals surface area (Å²) in [5.74, 6) is 1.99. The molecule has 0 radical (unpaired) electrons. The molecule has 0 amide bonds. The van der Waals surface area contributed by atoms with Crippen molar-refractivity contribution in [2.75, 3.05) is 0 Å². The Kier molecular flexibility index (Phi) is 4.09. The lowest BCUT2D eigenvalue weighted by Crippen LogP contribution is -2.22. The van der Waals surface area contributed by atoms with Crippen LogP contribution in [0.4, 0.5) is 0 Å². The highest BCUT2D eigenvalue weighted by atomic mass is 32.2. The highest BCUT2D eigenvalue weighted by Crippen LogP contribution is 2.24. The van der Waals surface area contributed by atoms with Crippen molar-refractivity contribution < 1.29 is 0 Å². The zero-order valence-corrected chi connectivity index (χ0v) is 16.1. The molecule has 5 rings (SSSR count). The predicted molar refractivity (Wildman–Crippen MR) is 112 cm³/mol. The first kappa shape index (κ1) is 16.9. The number of hydrogen-bond donors (Lipinski definition) is 0. The molecule has 0 fully saturated rings. The van der Waals surface area contributed by atoms with Crippen LogP contribution in [0.5, 0.6) is 0 Å². The summed E-state index contributed by atoms with van der Waals surface area (Å²) in [7, 11) is 0. The van der Waals surface area contributed by atoms with Crippen molar-refractivity contribution in [3.8, 4) is 0 Å². The Morgan fingerprint density at radius 2 is 1.79 bits per heavy atom. The monoisotopic (exact) mass is 387 g/mol. The number of benzene rings is 2. The van der Waals surface area contributed by atoms with Gasteiger partial charge in [-0.3, -0.25) is 13.8 Å². The smallest absolute Gasteiger partial charge is 0.262 e. The normalized spacial score (nSPS) is 11.6. The lowest BCUT2D eigenvalue weighted by Gasteiger charge is -2.09. The molecule has 0 spiro atoms. The second kappa shape index (κ2) is 6.76. The topological polar surface area (TPSA) is 65.1 Å². The van der Waals surface area contributed by atoms with E-state index in [0.29, 0.717) is 23.5 Å². The van der Waals surface area contributed by atoms with E-state index < -0.39 is 0 Å². The summed E-state index contributed by atoms with van der Waals surface area (Å²) in [6, 6.07) is 19.8. The molecule has 0 atom stereocenters. The fraction of sp³-hybridized carbons (Fsp3) is 0.143. The molecule has 0 saturated heterocycles. The highest BCUT2D eigenvalue weighted by molar-refractivity contribution is 7.98. The Morgan fingerprint density at radius 1 is 0.964 bits per heavy atom. The van der Waals surface area contributed by atoms with Gasteiger partial charge in [-0.1, -0.05) is 48.2 Å². The molecule has 0 aliphatic rings. The maximum atomic E-state index is 12.8. The van der Waals surface area contributed by atoms with Crippen LogP contribution in [0.2, 0.25) is 0 Å². The van der Waals surface area contributed by atoms with Gasteiger partial charge in [-0.2, -0.15) is 0 Å². The Hall–Kier alpha value is -3.19. The molecule has 0 aliphatic carbocycles. The number of aromatic nitrogens is 5. The Morgan fingerprint density at radius 3 is 2.68 bits per heavy atom. The molecule has 0 aliphatic heterocycles. The summed E-state index contributed by atoms with van der Waals surface area (Å²) in [5, 5.41) is 11.4. The van der Waals surface area contributed by atoms with Crippen LogP contribution < -0.4 is 5.56 Å². The second-order valence-electron chi connectivity index (χ2n) is 6.45. The van der Waals surface area contributed by atoms with Crippen molar-refractivity contribution in [3.63, 3.8) is 0 Å². The van der Waals surface area contributed by atoms with E-state index >= 15 is 0 Å². The van der Waals surface area contributed by atoms with Crippen molar-refractivity contribution >= 4 is 39.3 Å². The molecule has 0 saturated carbocycles. The number of aryl methyl sites for hydroxylation is 1. The third-order valence-corrected chi connectivity index (χ3v) is 5.74. The van der Waals surface area contributed by atoms with Crippen molar-refractivity contribution in [1.82, 2.24) is 24.1 Å². The van der Waals surface area contributed by atoms with E-state index in [1.165, 1.54) is 0 Å². The summed E-state index contributed by atoms with van der Waals surface area (Å²) in [5.41, 5.74) is 1.77. The fourth-order valence-corrected chi connectivity index (χ4v) is 4.25. The van der Waals surface area contributed by atoms with Crippen LogP contribution in [0.15, 0.2) is 70.5 Å². The van der Waals surface area contributed by atoms with Crippen LogP contribution in [0.3, 0.4) is 0 Å². The standard InChI is InChI=1S/C21H17N5OS/c1-2-25-20(27)15-8-4-6-10-17(15)26-18(23-24-21(25)26)13-28-19-12-11-14-7-3-5-9-16(14)22-19/h3-12H,2,13H2,1H3. The summed E-state index contributed by atoms with van der Waals surface area (Å²) < 4.78 is 3.64. The first-order valence-corrected chi connectivity index (χ1v) is 10.1. The SMILES string of the molecule is CCn1c(=O)c2ccccc2n2c(CSc3ccc4ccccc4n3)nnc12. The van der Waals surface area contributed by atoms with Crippen LogP contribution in [0.1, 0.15) is 12.7 Å². The lowest BCUT2D eigenvalue weighted by atomic mass is 10.2. The number of rotatable bonds is 4. The summed E-state index contributed by atoms with van der Waals surface area (Å²) >= 11 is 1.61. The Bertz CT molecular complexity index is 1390. The van der Waals surface area contributed by atoms with Crippen LogP contribution in [0, 0.1) is 0 Å². The Labute approximate surface area is 164 Å². The van der Waals surface area contributed by atoms with Gasteiger partial charge in [0.1, 0.15) is 5.82 Å². The molecule has 138 valence electrons. The van der Waals surface area contributed by atoms with E-state index in [-0.39, 0.29) is 5.56 Å². The van der Waals surface area contributed by atoms with Gasteiger partial charge in [-0.05, 0) is 31.2 Å². The maximum absolute atomic E-state index is 12.8. The predicted octanol–water partition coefficient (Wildman–Crippen LogP) is 3.90. The van der Waals surface area contributed by atoms with Crippen molar-refractivity contribution in [1.29, 1.82) is 0 Å². The summed E-state index contributed by atoms with van der Waals surface area (Å²) in [6.07, 6.45) is 0. The Balaban J connectivity index is 1.59. The fourth-order valence-electron chi connectivity index (χ4n) is 3.46. The average molecular weight is 387 g/mol. The van der Waals surface area contributed by atoms with E-state index in [1.54, 1.807) is 16.3 Å². The van der Waals surface area contributed by atoms with E-state index in [0.717, 1.165) is 27.3 Å². The third-order valence-electron chi connectivity index (χ3n) is 4.81. The van der Waals surface area contributed by atoms with Gasteiger partial charge in [-0.25, -0.2) is 4.98 Å². The number of nitrogens with zero attached hydrogens (tertiary/aromatic N) is 5. The number of para-hydroxylation sites is 2. The molecule has 2 aromatic carbocycles. The number of pyridine rings is 1. The number of hydrogen-bond acceptors (Lipinski definition) is 5. The van der Waals surface area contributed by atoms with E-state index in [9.17, 15) is 4.79 Å². The van der Waals surface area contributed by atoms with Gasteiger partial charge in [0.05, 0.1) is 27.2 Å². The first-order valence-electron chi connectivity index (χ1n) is 9.10. The van der Waals surface area contributed by atoms with Gasteiger partial charge in [0.2, 0.25) is 5.78 Å². The third kappa shape index (κ3) is 2.66. The second-order valence-corrected chi connectivity index (χ2v) is 7.44. The van der Waals surface area contributed by atoms with Crippen molar-refractivity contribution in [2.45, 2.75) is 24.2 Å². The van der Waals surface area contributed by atoms with Gasteiger partial charge < -0.3 is 0 Å². The average Bonchev–Trinajstić information content (AvgIpc) is 3.16. The van der Waals surface area contributed by atoms with E-state index in [1.807, 2.05) is 59.9 Å². The molecule has 6 nitrogen and oxygen atoms in total. The maximum Gasteiger partial charge on any atom is 0.262 e. The zero-order chi connectivity index (χ0) is 19.1. The van der Waals surface area contributed by atoms with Gasteiger partial charge >= 0.3 is 0 Å². The van der Waals surface area contributed by atoms with Crippen LogP contribution in [-0.4, -0.2) is 24.1 Å². The number of thioether (sulfide) groups is 1. The minimum absolute atomic E-state index is 0.0339. The van der Waals surface area contributed by atoms with E-state index in [4.69, 9.17) is 4.98 Å². The van der Waals surface area contributed by atoms with Crippen LogP contribution >= 0.6 is 11.8 Å². The molecule has 0 unspecified atom stereocenters.